The molecule has 0 spiro atoms. The first-order valence-electron chi connectivity index (χ1n) is 9.15. The molecule has 4 rings (SSSR count). The second kappa shape index (κ2) is 7.36. The number of carbonyl (C=O) groups is 3. The van der Waals surface area contributed by atoms with Crippen LogP contribution in [0.3, 0.4) is 0 Å². The van der Waals surface area contributed by atoms with Gasteiger partial charge in [0.1, 0.15) is 12.2 Å². The lowest BCUT2D eigenvalue weighted by atomic mass is 9.77. The van der Waals surface area contributed by atoms with Gasteiger partial charge in [-0.25, -0.2) is 8.96 Å². The van der Waals surface area contributed by atoms with Gasteiger partial charge >= 0.3 is 0 Å². The molecule has 2 amide bonds. The Morgan fingerprint density at radius 2 is 2.20 bits per heavy atom. The van der Waals surface area contributed by atoms with E-state index in [4.69, 9.17) is 5.73 Å². The fourth-order valence-corrected chi connectivity index (χ4v) is 6.51. The van der Waals surface area contributed by atoms with E-state index in [0.29, 0.717) is 20.3 Å². The van der Waals surface area contributed by atoms with Crippen molar-refractivity contribution >= 4 is 51.3 Å². The maximum atomic E-state index is 13.1. The number of thiazole rings is 1. The van der Waals surface area contributed by atoms with Gasteiger partial charge in [0, 0.05) is 11.5 Å². The molecule has 0 aliphatic carbocycles. The molecule has 1 saturated heterocycles. The lowest BCUT2D eigenvalue weighted by Crippen LogP contribution is -2.64. The number of carboxylic acid groups (broad SMARTS) is 1. The number of hydrogen-bond donors (Lipinski definition) is 2. The SMILES string of the molecule is C[C@@H](O)C1C(=O)N2C(C(=O)[O-])=C(c3c[n+]4cn(CC(N)=O)c(SCF)c4s3)[C@H](C)[C@@H]12. The number of aliphatic hydroxyl groups is 1. The number of β-lactam (4-membered cyclic amide) rings is 1. The molecule has 30 heavy (non-hydrogen) atoms. The lowest BCUT2D eigenvalue weighted by molar-refractivity contribution is -0.508. The van der Waals surface area contributed by atoms with E-state index in [1.807, 2.05) is 6.92 Å². The van der Waals surface area contributed by atoms with Gasteiger partial charge in [0.2, 0.25) is 15.8 Å². The Morgan fingerprint density at radius 1 is 1.50 bits per heavy atom. The molecule has 0 aromatic carbocycles. The smallest absolute Gasteiger partial charge is 0.259 e. The number of aromatic nitrogens is 2. The highest BCUT2D eigenvalue weighted by atomic mass is 32.2. The van der Waals surface area contributed by atoms with Crippen molar-refractivity contribution < 1.29 is 33.4 Å². The number of thioether (sulfide) groups is 1. The molecule has 2 aromatic heterocycles. The van der Waals surface area contributed by atoms with Crippen molar-refractivity contribution in [1.82, 2.24) is 9.47 Å². The monoisotopic (exact) mass is 454 g/mol. The number of fused-ring (bicyclic) bond motifs is 2. The van der Waals surface area contributed by atoms with E-state index in [-0.39, 0.29) is 18.2 Å². The number of carboxylic acids is 1. The number of primary amides is 1. The van der Waals surface area contributed by atoms with Gasteiger partial charge in [-0.1, -0.05) is 18.3 Å². The van der Waals surface area contributed by atoms with E-state index < -0.39 is 41.9 Å². The molecule has 0 bridgehead atoms. The number of nitrogens with zero attached hydrogens (tertiary/aromatic N) is 3. The number of halogens is 1. The first-order chi connectivity index (χ1) is 14.2. The Kier molecular flexibility index (Phi) is 5.11. The van der Waals surface area contributed by atoms with Crippen LogP contribution in [0.5, 0.6) is 0 Å². The fourth-order valence-electron chi connectivity index (χ4n) is 4.42. The minimum atomic E-state index is -1.46. The van der Waals surface area contributed by atoms with Crippen molar-refractivity contribution in [3.8, 4) is 0 Å². The maximum absolute atomic E-state index is 13.1. The molecule has 9 nitrogen and oxygen atoms in total. The zero-order valence-electron chi connectivity index (χ0n) is 16.1. The number of imidazole rings is 1. The predicted octanol–water partition coefficient (Wildman–Crippen LogP) is -0.889. The Balaban J connectivity index is 1.82. The third kappa shape index (κ3) is 2.93. The highest BCUT2D eigenvalue weighted by molar-refractivity contribution is 7.99. The second-order valence-electron chi connectivity index (χ2n) is 7.38. The Labute approximate surface area is 178 Å². The number of hydrogen-bond acceptors (Lipinski definition) is 7. The summed E-state index contributed by atoms with van der Waals surface area (Å²) in [5.41, 5.74) is 5.52. The average molecular weight is 455 g/mol. The van der Waals surface area contributed by atoms with Gasteiger partial charge in [-0.15, -0.1) is 0 Å². The fraction of sp³-hybridized carbons (Fsp3) is 0.444. The van der Waals surface area contributed by atoms with Crippen LogP contribution in [0.2, 0.25) is 0 Å². The third-order valence-corrected chi connectivity index (χ3v) is 7.64. The minimum Gasteiger partial charge on any atom is -0.543 e. The Morgan fingerprint density at radius 3 is 2.77 bits per heavy atom. The van der Waals surface area contributed by atoms with E-state index >= 15 is 0 Å². The molecule has 3 N–H and O–H groups in total. The van der Waals surface area contributed by atoms with E-state index in [2.05, 4.69) is 0 Å². The average Bonchev–Trinajstić information content (AvgIpc) is 3.24. The van der Waals surface area contributed by atoms with E-state index in [0.717, 1.165) is 11.8 Å². The first kappa shape index (κ1) is 20.8. The van der Waals surface area contributed by atoms with Gasteiger partial charge in [-0.05, 0) is 18.7 Å². The van der Waals surface area contributed by atoms with Crippen LogP contribution in [-0.4, -0.2) is 50.5 Å². The van der Waals surface area contributed by atoms with E-state index in [1.165, 1.54) is 27.7 Å². The Bertz CT molecular complexity index is 1110. The molecule has 12 heteroatoms. The Hall–Kier alpha value is -2.44. The summed E-state index contributed by atoms with van der Waals surface area (Å²) in [7, 11) is 0. The van der Waals surface area contributed by atoms with Gasteiger partial charge in [0.25, 0.3) is 12.2 Å². The highest BCUT2D eigenvalue weighted by Gasteiger charge is 2.59. The number of aliphatic hydroxyl groups excluding tert-OH is 1. The summed E-state index contributed by atoms with van der Waals surface area (Å²) in [6.07, 6.45) is 2.38. The highest BCUT2D eigenvalue weighted by Crippen LogP contribution is 2.51. The summed E-state index contributed by atoms with van der Waals surface area (Å²) in [6.45, 7) is 3.21. The number of carbonyl (C=O) groups excluding carboxylic acids is 3. The van der Waals surface area contributed by atoms with Crippen LogP contribution in [0, 0.1) is 11.8 Å². The lowest BCUT2D eigenvalue weighted by Gasteiger charge is -2.47. The summed E-state index contributed by atoms with van der Waals surface area (Å²) >= 11 is 2.13. The van der Waals surface area contributed by atoms with Gasteiger partial charge in [0.05, 0.1) is 34.6 Å². The summed E-state index contributed by atoms with van der Waals surface area (Å²) in [6, 6.07) is -1.17. The van der Waals surface area contributed by atoms with Crippen LogP contribution < -0.4 is 15.2 Å². The molecule has 0 saturated carbocycles. The number of alkyl halides is 1. The van der Waals surface area contributed by atoms with Crippen molar-refractivity contribution in [1.29, 1.82) is 0 Å². The van der Waals surface area contributed by atoms with Crippen molar-refractivity contribution in [3.05, 3.63) is 23.1 Å². The van der Waals surface area contributed by atoms with E-state index in [9.17, 15) is 29.0 Å². The topological polar surface area (TPSA) is 133 Å². The van der Waals surface area contributed by atoms with Gasteiger partial charge in [0.15, 0.2) is 6.54 Å². The van der Waals surface area contributed by atoms with Crippen molar-refractivity contribution in [3.63, 3.8) is 0 Å². The predicted molar refractivity (Wildman–Crippen MR) is 103 cm³/mol. The van der Waals surface area contributed by atoms with Crippen LogP contribution in [0.4, 0.5) is 4.39 Å². The number of nitrogens with two attached hydrogens (primary N) is 1. The standard InChI is InChI=1S/C18H19FN4O5S2/c1-7-11(14(18(27)28)23-13(7)12(8(2)24)15(23)26)9-3-21-6-22(4-10(20)25)16(29-5-19)17(21)30-9/h3,6-8,12-13,24H,4-5H2,1-2H3,(H2-,20,25,27,28)/t7-,8+,12?,13-/m0/s1. The van der Waals surface area contributed by atoms with Crippen LogP contribution in [-0.2, 0) is 20.9 Å². The normalized spacial score (nSPS) is 24.3. The molecule has 1 unspecified atom stereocenters. The molecular weight excluding hydrogens is 435 g/mol. The van der Waals surface area contributed by atoms with Crippen LogP contribution >= 0.6 is 23.1 Å². The molecule has 4 heterocycles. The zero-order valence-corrected chi connectivity index (χ0v) is 17.7. The molecule has 4 atom stereocenters. The zero-order chi connectivity index (χ0) is 21.9. The quantitative estimate of drug-likeness (QED) is 0.317. The molecule has 160 valence electrons. The van der Waals surface area contributed by atoms with E-state index in [1.54, 1.807) is 16.9 Å². The molecule has 2 aliphatic heterocycles. The second-order valence-corrected chi connectivity index (χ2v) is 9.30. The number of aliphatic carboxylic acids is 1. The molecular formula is C18H19FN4O5S2. The molecule has 0 radical (unpaired) electrons. The van der Waals surface area contributed by atoms with Gasteiger partial charge in [-0.3, -0.25) is 9.59 Å². The van der Waals surface area contributed by atoms with Crippen LogP contribution in [0.25, 0.3) is 10.4 Å². The maximum Gasteiger partial charge on any atom is 0.259 e. The molecule has 1 fully saturated rings. The third-order valence-electron chi connectivity index (χ3n) is 5.55. The summed E-state index contributed by atoms with van der Waals surface area (Å²) in [5.74, 6) is -3.48. The molecule has 2 aromatic rings. The van der Waals surface area contributed by atoms with Crippen molar-refractivity contribution in [2.45, 2.75) is 37.6 Å². The van der Waals surface area contributed by atoms with Gasteiger partial charge < -0.3 is 25.6 Å². The number of rotatable bonds is 7. The summed E-state index contributed by atoms with van der Waals surface area (Å²) < 4.78 is 16.3. The van der Waals surface area contributed by atoms with Crippen molar-refractivity contribution in [2.75, 3.05) is 6.01 Å². The summed E-state index contributed by atoms with van der Waals surface area (Å²) in [4.78, 5) is 38.1. The van der Waals surface area contributed by atoms with Crippen LogP contribution in [0.15, 0.2) is 23.2 Å². The van der Waals surface area contributed by atoms with Crippen LogP contribution in [0.1, 0.15) is 18.7 Å². The van der Waals surface area contributed by atoms with Crippen molar-refractivity contribution in [2.24, 2.45) is 17.6 Å². The minimum absolute atomic E-state index is 0.115. The number of amides is 2. The molecule has 2 aliphatic rings. The largest absolute Gasteiger partial charge is 0.543 e. The summed E-state index contributed by atoms with van der Waals surface area (Å²) in [5, 5.41) is 22.4. The van der Waals surface area contributed by atoms with Gasteiger partial charge in [-0.2, -0.15) is 4.40 Å². The first-order valence-corrected chi connectivity index (χ1v) is 11.0.